The van der Waals surface area contributed by atoms with Crippen molar-refractivity contribution in [3.05, 3.63) is 42.5 Å². The van der Waals surface area contributed by atoms with E-state index in [0.29, 0.717) is 23.7 Å². The Labute approximate surface area is 129 Å². The van der Waals surface area contributed by atoms with E-state index in [-0.39, 0.29) is 30.3 Å². The molecular formula is C18H18N2O2. The highest BCUT2D eigenvalue weighted by Gasteiger charge is 2.66. The van der Waals surface area contributed by atoms with Crippen LogP contribution < -0.4 is 5.32 Å². The Kier molecular flexibility index (Phi) is 2.38. The number of para-hydroxylation sites is 1. The lowest BCUT2D eigenvalue weighted by atomic mass is 9.63. The maximum Gasteiger partial charge on any atom is 0.235 e. The maximum absolute atomic E-state index is 12.8. The molecule has 4 heteroatoms. The molecule has 4 nitrogen and oxygen atoms in total. The van der Waals surface area contributed by atoms with Crippen LogP contribution in [0.4, 0.5) is 5.69 Å². The van der Waals surface area contributed by atoms with E-state index in [9.17, 15) is 9.59 Å². The summed E-state index contributed by atoms with van der Waals surface area (Å²) in [4.78, 5) is 27.0. The highest BCUT2D eigenvalue weighted by atomic mass is 16.2. The zero-order valence-electron chi connectivity index (χ0n) is 12.2. The number of benzene rings is 1. The van der Waals surface area contributed by atoms with Crippen molar-refractivity contribution in [3.8, 4) is 0 Å². The summed E-state index contributed by atoms with van der Waals surface area (Å²) in [6, 6.07) is 9.71. The van der Waals surface area contributed by atoms with E-state index in [1.807, 2.05) is 30.3 Å². The van der Waals surface area contributed by atoms with Crippen LogP contribution >= 0.6 is 0 Å². The molecule has 6 rings (SSSR count). The normalized spacial score (nSPS) is 40.6. The first-order valence-corrected chi connectivity index (χ1v) is 8.08. The third kappa shape index (κ3) is 1.52. The van der Waals surface area contributed by atoms with Crippen LogP contribution in [0, 0.1) is 35.5 Å². The smallest absolute Gasteiger partial charge is 0.235 e. The van der Waals surface area contributed by atoms with E-state index in [1.54, 1.807) is 0 Å². The van der Waals surface area contributed by atoms with Crippen LogP contribution in [0.2, 0.25) is 0 Å². The standard InChI is InChI=1S/C18H18N2O2/c21-17-15-11-6-7-12(14-8-13(11)14)16(15)18(22)20(17)9-19-10-4-2-1-3-5-10/h1-7,11-16,19H,8-9H2/t11-,12-,13-,14-,15+,16+/m0/s1. The minimum atomic E-state index is -0.0937. The minimum absolute atomic E-state index is 0.0307. The van der Waals surface area contributed by atoms with Crippen LogP contribution in [0.15, 0.2) is 42.5 Å². The number of carbonyl (C=O) groups excluding carboxylic acids is 2. The van der Waals surface area contributed by atoms with Crippen LogP contribution in [0.25, 0.3) is 0 Å². The Morgan fingerprint density at radius 3 is 2.14 bits per heavy atom. The molecule has 5 aliphatic rings. The molecule has 1 heterocycles. The molecule has 2 bridgehead atoms. The topological polar surface area (TPSA) is 49.4 Å². The van der Waals surface area contributed by atoms with Crippen molar-refractivity contribution < 1.29 is 9.59 Å². The molecule has 2 amide bonds. The second-order valence-electron chi connectivity index (χ2n) is 6.96. The van der Waals surface area contributed by atoms with Gasteiger partial charge < -0.3 is 5.32 Å². The van der Waals surface area contributed by atoms with Gasteiger partial charge in [0.25, 0.3) is 0 Å². The van der Waals surface area contributed by atoms with Gasteiger partial charge in [-0.25, -0.2) is 0 Å². The number of carbonyl (C=O) groups is 2. The number of likely N-dealkylation sites (tertiary alicyclic amines) is 1. The number of anilines is 1. The summed E-state index contributed by atoms with van der Waals surface area (Å²) in [5, 5.41) is 3.19. The van der Waals surface area contributed by atoms with Crippen LogP contribution in [-0.4, -0.2) is 23.4 Å². The molecule has 0 radical (unpaired) electrons. The molecule has 1 aromatic carbocycles. The number of nitrogens with one attached hydrogen (secondary N) is 1. The summed E-state index contributed by atoms with van der Waals surface area (Å²) in [7, 11) is 0. The molecule has 1 saturated heterocycles. The van der Waals surface area contributed by atoms with Gasteiger partial charge in [0.05, 0.1) is 18.5 Å². The second kappa shape index (κ2) is 4.22. The van der Waals surface area contributed by atoms with Crippen molar-refractivity contribution >= 4 is 17.5 Å². The van der Waals surface area contributed by atoms with E-state index < -0.39 is 0 Å². The molecule has 1 aliphatic heterocycles. The molecule has 3 fully saturated rings. The molecule has 6 atom stereocenters. The molecule has 1 aromatic rings. The fourth-order valence-corrected chi connectivity index (χ4v) is 4.90. The monoisotopic (exact) mass is 294 g/mol. The Morgan fingerprint density at radius 2 is 1.55 bits per heavy atom. The van der Waals surface area contributed by atoms with Crippen LogP contribution in [-0.2, 0) is 9.59 Å². The van der Waals surface area contributed by atoms with Crippen molar-refractivity contribution in [1.82, 2.24) is 4.90 Å². The van der Waals surface area contributed by atoms with Gasteiger partial charge in [-0.1, -0.05) is 30.4 Å². The van der Waals surface area contributed by atoms with Gasteiger partial charge >= 0.3 is 0 Å². The van der Waals surface area contributed by atoms with Crippen molar-refractivity contribution in [2.75, 3.05) is 12.0 Å². The van der Waals surface area contributed by atoms with Crippen molar-refractivity contribution in [2.24, 2.45) is 35.5 Å². The molecule has 0 aromatic heterocycles. The van der Waals surface area contributed by atoms with Crippen molar-refractivity contribution in [2.45, 2.75) is 6.42 Å². The lowest BCUT2D eigenvalue weighted by Gasteiger charge is -2.37. The number of rotatable bonds is 3. The summed E-state index contributed by atoms with van der Waals surface area (Å²) in [5.74, 6) is 1.81. The third-order valence-electron chi connectivity index (χ3n) is 5.97. The van der Waals surface area contributed by atoms with Gasteiger partial charge in [-0.2, -0.15) is 0 Å². The largest absolute Gasteiger partial charge is 0.367 e. The Morgan fingerprint density at radius 1 is 0.955 bits per heavy atom. The van der Waals surface area contributed by atoms with Gasteiger partial charge in [0.15, 0.2) is 0 Å². The lowest BCUT2D eigenvalue weighted by molar-refractivity contribution is -0.139. The van der Waals surface area contributed by atoms with Gasteiger partial charge in [-0.15, -0.1) is 0 Å². The highest BCUT2D eigenvalue weighted by Crippen LogP contribution is 2.65. The summed E-state index contributed by atoms with van der Waals surface area (Å²) in [6.07, 6.45) is 5.62. The van der Waals surface area contributed by atoms with E-state index in [1.165, 1.54) is 11.3 Å². The molecule has 0 spiro atoms. The van der Waals surface area contributed by atoms with E-state index in [0.717, 1.165) is 5.69 Å². The first kappa shape index (κ1) is 12.4. The average molecular weight is 294 g/mol. The Bertz CT molecular complexity index is 648. The first-order valence-electron chi connectivity index (χ1n) is 8.08. The summed E-state index contributed by atoms with van der Waals surface area (Å²) in [5.41, 5.74) is 0.932. The molecule has 1 N–H and O–H groups in total. The van der Waals surface area contributed by atoms with Crippen LogP contribution in [0.1, 0.15) is 6.42 Å². The van der Waals surface area contributed by atoms with Gasteiger partial charge in [0, 0.05) is 5.69 Å². The average Bonchev–Trinajstić information content (AvgIpc) is 3.33. The zero-order valence-corrected chi connectivity index (χ0v) is 12.2. The predicted octanol–water partition coefficient (Wildman–Crippen LogP) is 2.11. The molecular weight excluding hydrogens is 276 g/mol. The second-order valence-corrected chi connectivity index (χ2v) is 6.96. The third-order valence-corrected chi connectivity index (χ3v) is 5.97. The number of imide groups is 1. The quantitative estimate of drug-likeness (QED) is 0.686. The summed E-state index contributed by atoms with van der Waals surface area (Å²) in [6.45, 7) is 0.281. The van der Waals surface area contributed by atoms with Crippen molar-refractivity contribution in [1.29, 1.82) is 0 Å². The van der Waals surface area contributed by atoms with Crippen LogP contribution in [0.3, 0.4) is 0 Å². The molecule has 112 valence electrons. The molecule has 22 heavy (non-hydrogen) atoms. The number of allylic oxidation sites excluding steroid dienone is 2. The molecule has 0 unspecified atom stereocenters. The Hall–Kier alpha value is -2.10. The maximum atomic E-state index is 12.8. The number of nitrogens with zero attached hydrogens (tertiary/aromatic N) is 1. The molecule has 2 saturated carbocycles. The van der Waals surface area contributed by atoms with E-state index in [2.05, 4.69) is 17.5 Å². The minimum Gasteiger partial charge on any atom is -0.367 e. The summed E-state index contributed by atoms with van der Waals surface area (Å²) < 4.78 is 0. The van der Waals surface area contributed by atoms with Gasteiger partial charge in [-0.05, 0) is 42.2 Å². The SMILES string of the molecule is O=C1[C@@H]2[C@H]3C=C[C@@H]([C@@H]4C[C@@H]34)[C@H]2C(=O)N1CNc1ccccc1. The Balaban J connectivity index is 1.38. The fraction of sp³-hybridized carbons (Fsp3) is 0.444. The van der Waals surface area contributed by atoms with Crippen LogP contribution in [0.5, 0.6) is 0 Å². The van der Waals surface area contributed by atoms with Crippen molar-refractivity contribution in [3.63, 3.8) is 0 Å². The van der Waals surface area contributed by atoms with Gasteiger partial charge in [0.2, 0.25) is 11.8 Å². The highest BCUT2D eigenvalue weighted by molar-refractivity contribution is 6.06. The lowest BCUT2D eigenvalue weighted by Crippen LogP contribution is -2.40. The zero-order chi connectivity index (χ0) is 14.8. The van der Waals surface area contributed by atoms with Gasteiger partial charge in [0.1, 0.15) is 0 Å². The summed E-state index contributed by atoms with van der Waals surface area (Å²) >= 11 is 0. The number of hydrogen-bond donors (Lipinski definition) is 1. The predicted molar refractivity (Wildman–Crippen MR) is 81.5 cm³/mol. The first-order chi connectivity index (χ1) is 10.8. The van der Waals surface area contributed by atoms with Gasteiger partial charge in [-0.3, -0.25) is 14.5 Å². The van der Waals surface area contributed by atoms with E-state index >= 15 is 0 Å². The number of hydrogen-bond acceptors (Lipinski definition) is 3. The number of amides is 2. The molecule has 4 aliphatic carbocycles. The van der Waals surface area contributed by atoms with E-state index in [4.69, 9.17) is 0 Å². The fourth-order valence-electron chi connectivity index (χ4n) is 4.90.